The average molecular weight is 182 g/mol. The minimum Gasteiger partial charge on any atom is -0.412 e. The van der Waals surface area contributed by atoms with Crippen LogP contribution in [0.3, 0.4) is 0 Å². The van der Waals surface area contributed by atoms with E-state index < -0.39 is 5.09 Å². The minimum atomic E-state index is -1.50. The fraction of sp³-hybridized carbons (Fsp3) is 0. The molecule has 0 aliphatic heterocycles. The fourth-order valence-electron chi connectivity index (χ4n) is 0. The SMILES string of the molecule is O.O=[N+]([O-])O.[Ru]. The van der Waals surface area contributed by atoms with Crippen LogP contribution in [0.4, 0.5) is 0 Å². The van der Waals surface area contributed by atoms with E-state index in [2.05, 4.69) is 0 Å². The van der Waals surface area contributed by atoms with Gasteiger partial charge in [-0.25, -0.2) is 0 Å². The Morgan fingerprint density at radius 3 is 1.67 bits per heavy atom. The first kappa shape index (κ1) is 17.1. The van der Waals surface area contributed by atoms with Crippen molar-refractivity contribution in [2.45, 2.75) is 0 Å². The van der Waals surface area contributed by atoms with Crippen molar-refractivity contribution >= 4 is 0 Å². The number of hydrogen-bond acceptors (Lipinski definition) is 2. The maximum atomic E-state index is 8.36. The van der Waals surface area contributed by atoms with Gasteiger partial charge in [-0.05, 0) is 0 Å². The van der Waals surface area contributed by atoms with Crippen molar-refractivity contribution in [2.75, 3.05) is 0 Å². The summed E-state index contributed by atoms with van der Waals surface area (Å²) in [5.41, 5.74) is 0. The molecule has 3 N–H and O–H groups in total. The topological polar surface area (TPSA) is 94.9 Å². The summed E-state index contributed by atoms with van der Waals surface area (Å²) >= 11 is 0. The molecule has 0 fully saturated rings. The first-order valence-electron chi connectivity index (χ1n) is 0.565. The summed E-state index contributed by atoms with van der Waals surface area (Å²) in [7, 11) is 0. The van der Waals surface area contributed by atoms with E-state index in [1.807, 2.05) is 0 Å². The summed E-state index contributed by atoms with van der Waals surface area (Å²) in [6.45, 7) is 0. The predicted molar refractivity (Wildman–Crippen MR) is 12.4 cm³/mol. The van der Waals surface area contributed by atoms with E-state index in [-0.39, 0.29) is 25.0 Å². The van der Waals surface area contributed by atoms with E-state index in [9.17, 15) is 0 Å². The second-order valence-corrected chi connectivity index (χ2v) is 0.238. The quantitative estimate of drug-likeness (QED) is 0.290. The first-order valence-corrected chi connectivity index (χ1v) is 0.565. The summed E-state index contributed by atoms with van der Waals surface area (Å²) in [5.74, 6) is 0. The zero-order valence-electron chi connectivity index (χ0n) is 2.56. The third-order valence-electron chi connectivity index (χ3n) is 0. The molecule has 0 aromatic carbocycles. The van der Waals surface area contributed by atoms with E-state index >= 15 is 0 Å². The molecule has 0 aliphatic rings. The van der Waals surface area contributed by atoms with Crippen LogP contribution in [0.1, 0.15) is 0 Å². The van der Waals surface area contributed by atoms with E-state index in [1.165, 1.54) is 0 Å². The number of nitrogens with zero attached hydrogens (tertiary/aromatic N) is 1. The van der Waals surface area contributed by atoms with Crippen molar-refractivity contribution in [3.05, 3.63) is 10.1 Å². The smallest absolute Gasteiger partial charge is 0.291 e. The second-order valence-electron chi connectivity index (χ2n) is 0.238. The summed E-state index contributed by atoms with van der Waals surface area (Å²) in [6, 6.07) is 0. The molecule has 6 heteroatoms. The van der Waals surface area contributed by atoms with Crippen molar-refractivity contribution in [2.24, 2.45) is 0 Å². The van der Waals surface area contributed by atoms with Gasteiger partial charge >= 0.3 is 0 Å². The third kappa shape index (κ3) is 625. The summed E-state index contributed by atoms with van der Waals surface area (Å²) in [4.78, 5) is 8.36. The van der Waals surface area contributed by atoms with Gasteiger partial charge in [0, 0.05) is 19.5 Å². The van der Waals surface area contributed by atoms with Crippen LogP contribution in [-0.2, 0) is 19.5 Å². The normalized spacial score (nSPS) is 4.00. The fourth-order valence-corrected chi connectivity index (χ4v) is 0. The molecule has 0 atom stereocenters. The Morgan fingerprint density at radius 1 is 1.67 bits per heavy atom. The molecule has 0 spiro atoms. The first-order chi connectivity index (χ1) is 1.73. The molecule has 0 saturated heterocycles. The van der Waals surface area contributed by atoms with Crippen molar-refractivity contribution in [3.8, 4) is 0 Å². The van der Waals surface area contributed by atoms with Crippen LogP contribution in [0.2, 0.25) is 0 Å². The average Bonchev–Trinajstić information content (AvgIpc) is 0.811. The zero-order chi connectivity index (χ0) is 3.58. The Hall–Kier alpha value is -0.217. The van der Waals surface area contributed by atoms with Crippen LogP contribution >= 0.6 is 0 Å². The summed E-state index contributed by atoms with van der Waals surface area (Å²) in [6.07, 6.45) is 0. The summed E-state index contributed by atoms with van der Waals surface area (Å²) in [5, 5.41) is 13.6. The Bertz CT molecular complexity index is 30.5. The van der Waals surface area contributed by atoms with Crippen molar-refractivity contribution < 1.29 is 35.2 Å². The molecule has 0 amide bonds. The molecule has 0 radical (unpaired) electrons. The maximum absolute atomic E-state index is 8.36. The van der Waals surface area contributed by atoms with E-state index in [4.69, 9.17) is 15.3 Å². The van der Waals surface area contributed by atoms with Crippen LogP contribution in [0.5, 0.6) is 0 Å². The second kappa shape index (κ2) is 8.84. The molecule has 0 heterocycles. The van der Waals surface area contributed by atoms with Crippen molar-refractivity contribution in [1.82, 2.24) is 0 Å². The Labute approximate surface area is 46.1 Å². The molecule has 40 valence electrons. The molecule has 0 rings (SSSR count). The van der Waals surface area contributed by atoms with Crippen molar-refractivity contribution in [1.29, 1.82) is 0 Å². The number of rotatable bonds is 0. The molecule has 0 aromatic heterocycles. The monoisotopic (exact) mass is 183 g/mol. The van der Waals surface area contributed by atoms with Crippen LogP contribution in [0.25, 0.3) is 0 Å². The van der Waals surface area contributed by atoms with Crippen LogP contribution in [0.15, 0.2) is 0 Å². The van der Waals surface area contributed by atoms with Crippen molar-refractivity contribution in [3.63, 3.8) is 0 Å². The molecule has 0 bridgehead atoms. The van der Waals surface area contributed by atoms with Gasteiger partial charge in [0.05, 0.1) is 0 Å². The minimum absolute atomic E-state index is 0. The van der Waals surface area contributed by atoms with Gasteiger partial charge in [0.25, 0.3) is 5.09 Å². The molecule has 0 aromatic rings. The summed E-state index contributed by atoms with van der Waals surface area (Å²) < 4.78 is 0. The molecule has 5 nitrogen and oxygen atoms in total. The molecular weight excluding hydrogens is 179 g/mol. The van der Waals surface area contributed by atoms with Gasteiger partial charge in [-0.2, -0.15) is 0 Å². The van der Waals surface area contributed by atoms with Gasteiger partial charge in [0.1, 0.15) is 0 Å². The largest absolute Gasteiger partial charge is 0.412 e. The Kier molecular flexibility index (Phi) is 25.2. The Morgan fingerprint density at radius 2 is 1.67 bits per heavy atom. The molecule has 0 saturated carbocycles. The predicted octanol–water partition coefficient (Wildman–Crippen LogP) is -1.17. The van der Waals surface area contributed by atoms with Gasteiger partial charge in [-0.1, -0.05) is 0 Å². The van der Waals surface area contributed by atoms with Gasteiger partial charge in [0.15, 0.2) is 0 Å². The maximum Gasteiger partial charge on any atom is 0.291 e. The Balaban J connectivity index is -0.0000000450. The van der Waals surface area contributed by atoms with E-state index in [1.54, 1.807) is 0 Å². The molecule has 6 heavy (non-hydrogen) atoms. The molecular formula is H3NO4Ru. The van der Waals surface area contributed by atoms with Gasteiger partial charge in [-0.15, -0.1) is 10.1 Å². The standard InChI is InChI=1S/HNO3.H2O.Ru/c2-1(3)4;;/h(H,2,3,4);1H2;. The van der Waals surface area contributed by atoms with Gasteiger partial charge < -0.3 is 10.7 Å². The molecule has 0 aliphatic carbocycles. The zero-order valence-corrected chi connectivity index (χ0v) is 4.30. The van der Waals surface area contributed by atoms with Gasteiger partial charge in [0.2, 0.25) is 0 Å². The third-order valence-corrected chi connectivity index (χ3v) is 0. The van der Waals surface area contributed by atoms with Gasteiger partial charge in [-0.3, -0.25) is 0 Å². The van der Waals surface area contributed by atoms with E-state index in [0.717, 1.165) is 0 Å². The van der Waals surface area contributed by atoms with Crippen LogP contribution in [0, 0.1) is 10.1 Å². The van der Waals surface area contributed by atoms with Crippen LogP contribution < -0.4 is 0 Å². The number of hydrogen-bond donors (Lipinski definition) is 1. The van der Waals surface area contributed by atoms with Crippen LogP contribution in [-0.4, -0.2) is 15.8 Å². The van der Waals surface area contributed by atoms with E-state index in [0.29, 0.717) is 0 Å². The molecule has 0 unspecified atom stereocenters.